The monoisotopic (exact) mass is 284 g/mol. The lowest BCUT2D eigenvalue weighted by Gasteiger charge is -2.29. The molecule has 0 amide bonds. The maximum absolute atomic E-state index is 11.8. The van der Waals surface area contributed by atoms with E-state index in [4.69, 9.17) is 0 Å². The lowest BCUT2D eigenvalue weighted by atomic mass is 9.74. The molecule has 0 aliphatic heterocycles. The minimum atomic E-state index is -0.548. The minimum absolute atomic E-state index is 0.434. The third-order valence-corrected chi connectivity index (χ3v) is 4.48. The van der Waals surface area contributed by atoms with Crippen molar-refractivity contribution < 1.29 is 9.90 Å². The minimum Gasteiger partial charge on any atom is -0.481 e. The summed E-state index contributed by atoms with van der Waals surface area (Å²) in [6.45, 7) is 6.53. The molecule has 0 saturated carbocycles. The summed E-state index contributed by atoms with van der Waals surface area (Å²) in [6, 6.07) is 0. The Morgan fingerprint density at radius 3 is 1.55 bits per heavy atom. The van der Waals surface area contributed by atoms with Crippen molar-refractivity contribution in [2.24, 2.45) is 5.41 Å². The molecule has 1 N–H and O–H groups in total. The Bertz CT molecular complexity index is 228. The molecular weight excluding hydrogens is 248 g/mol. The first kappa shape index (κ1) is 19.5. The number of unbranched alkanes of at least 4 members (excludes halogenated alkanes) is 7. The van der Waals surface area contributed by atoms with Crippen LogP contribution in [0, 0.1) is 5.41 Å². The van der Waals surface area contributed by atoms with E-state index in [9.17, 15) is 9.90 Å². The number of hydrogen-bond acceptors (Lipinski definition) is 1. The van der Waals surface area contributed by atoms with E-state index in [2.05, 4.69) is 20.8 Å². The molecule has 20 heavy (non-hydrogen) atoms. The highest BCUT2D eigenvalue weighted by molar-refractivity contribution is 5.74. The first-order valence-electron chi connectivity index (χ1n) is 8.86. The van der Waals surface area contributed by atoms with E-state index in [1.807, 2.05) is 0 Å². The normalized spacial score (nSPS) is 11.8. The largest absolute Gasteiger partial charge is 0.481 e. The molecule has 0 aromatic rings. The molecule has 2 heteroatoms. The number of rotatable bonds is 14. The second-order valence-electron chi connectivity index (χ2n) is 6.31. The van der Waals surface area contributed by atoms with Crippen LogP contribution >= 0.6 is 0 Å². The molecule has 0 rings (SSSR count). The maximum atomic E-state index is 11.8. The van der Waals surface area contributed by atoms with Gasteiger partial charge >= 0.3 is 5.97 Å². The lowest BCUT2D eigenvalue weighted by Crippen LogP contribution is -2.31. The summed E-state index contributed by atoms with van der Waals surface area (Å²) in [5.74, 6) is -0.548. The van der Waals surface area contributed by atoms with Gasteiger partial charge in [0.05, 0.1) is 5.41 Å². The van der Waals surface area contributed by atoms with Crippen LogP contribution in [0.1, 0.15) is 104 Å². The summed E-state index contributed by atoms with van der Waals surface area (Å²) in [6.07, 6.45) is 14.4. The molecule has 120 valence electrons. The Morgan fingerprint density at radius 2 is 1.10 bits per heavy atom. The van der Waals surface area contributed by atoms with Crippen molar-refractivity contribution in [3.05, 3.63) is 0 Å². The van der Waals surface area contributed by atoms with Crippen molar-refractivity contribution in [1.29, 1.82) is 0 Å². The van der Waals surface area contributed by atoms with Crippen molar-refractivity contribution in [3.63, 3.8) is 0 Å². The van der Waals surface area contributed by atoms with Crippen molar-refractivity contribution in [2.75, 3.05) is 0 Å². The van der Waals surface area contributed by atoms with Crippen LogP contribution in [0.5, 0.6) is 0 Å². The van der Waals surface area contributed by atoms with E-state index in [0.717, 1.165) is 51.4 Å². The average molecular weight is 284 g/mol. The van der Waals surface area contributed by atoms with Gasteiger partial charge < -0.3 is 5.11 Å². The molecule has 0 atom stereocenters. The van der Waals surface area contributed by atoms with Gasteiger partial charge in [-0.25, -0.2) is 0 Å². The van der Waals surface area contributed by atoms with Crippen LogP contribution in [0.25, 0.3) is 0 Å². The fourth-order valence-electron chi connectivity index (χ4n) is 2.97. The Hall–Kier alpha value is -0.530. The van der Waals surface area contributed by atoms with Gasteiger partial charge in [-0.05, 0) is 19.3 Å². The second-order valence-corrected chi connectivity index (χ2v) is 6.31. The molecule has 0 aromatic carbocycles. The van der Waals surface area contributed by atoms with Crippen LogP contribution in [0.4, 0.5) is 0 Å². The zero-order valence-corrected chi connectivity index (χ0v) is 14.0. The van der Waals surface area contributed by atoms with Crippen LogP contribution in [-0.4, -0.2) is 11.1 Å². The fraction of sp³-hybridized carbons (Fsp3) is 0.944. The third-order valence-electron chi connectivity index (χ3n) is 4.48. The first-order valence-corrected chi connectivity index (χ1v) is 8.86. The van der Waals surface area contributed by atoms with Crippen molar-refractivity contribution in [3.8, 4) is 0 Å². The van der Waals surface area contributed by atoms with Crippen LogP contribution in [0.3, 0.4) is 0 Å². The lowest BCUT2D eigenvalue weighted by molar-refractivity contribution is -0.150. The molecule has 0 bridgehead atoms. The fourth-order valence-corrected chi connectivity index (χ4v) is 2.97. The summed E-state index contributed by atoms with van der Waals surface area (Å²) in [5, 5.41) is 9.72. The predicted octanol–water partition coefficient (Wildman–Crippen LogP) is 6.19. The summed E-state index contributed by atoms with van der Waals surface area (Å²) >= 11 is 0. The number of carboxylic acids is 1. The smallest absolute Gasteiger partial charge is 0.309 e. The highest BCUT2D eigenvalue weighted by Gasteiger charge is 2.36. The van der Waals surface area contributed by atoms with E-state index in [0.29, 0.717) is 0 Å². The van der Waals surface area contributed by atoms with Crippen LogP contribution < -0.4 is 0 Å². The first-order chi connectivity index (χ1) is 9.63. The Kier molecular flexibility index (Phi) is 11.9. The predicted molar refractivity (Wildman–Crippen MR) is 87.1 cm³/mol. The van der Waals surface area contributed by atoms with Gasteiger partial charge in [0, 0.05) is 0 Å². The zero-order chi connectivity index (χ0) is 15.3. The molecule has 0 aliphatic rings. The third kappa shape index (κ3) is 7.91. The molecule has 0 spiro atoms. The van der Waals surface area contributed by atoms with E-state index >= 15 is 0 Å². The van der Waals surface area contributed by atoms with Crippen molar-refractivity contribution >= 4 is 5.97 Å². The van der Waals surface area contributed by atoms with Gasteiger partial charge in [0.15, 0.2) is 0 Å². The summed E-state index contributed by atoms with van der Waals surface area (Å²) in [5.41, 5.74) is -0.434. The molecule has 0 unspecified atom stereocenters. The van der Waals surface area contributed by atoms with Gasteiger partial charge in [0.2, 0.25) is 0 Å². The highest BCUT2D eigenvalue weighted by Crippen LogP contribution is 2.37. The van der Waals surface area contributed by atoms with Gasteiger partial charge in [-0.1, -0.05) is 85.0 Å². The SMILES string of the molecule is CCCCCCCCC(CCCC)(CCCC)C(=O)O. The highest BCUT2D eigenvalue weighted by atomic mass is 16.4. The van der Waals surface area contributed by atoms with Gasteiger partial charge in [0.1, 0.15) is 0 Å². The van der Waals surface area contributed by atoms with Crippen LogP contribution in [0.2, 0.25) is 0 Å². The maximum Gasteiger partial charge on any atom is 0.309 e. The van der Waals surface area contributed by atoms with E-state index < -0.39 is 11.4 Å². The van der Waals surface area contributed by atoms with Gasteiger partial charge in [-0.3, -0.25) is 4.79 Å². The molecule has 0 fully saturated rings. The van der Waals surface area contributed by atoms with Gasteiger partial charge in [0.25, 0.3) is 0 Å². The summed E-state index contributed by atoms with van der Waals surface area (Å²) in [7, 11) is 0. The van der Waals surface area contributed by atoms with Gasteiger partial charge in [-0.15, -0.1) is 0 Å². The number of aliphatic carboxylic acids is 1. The zero-order valence-electron chi connectivity index (χ0n) is 14.0. The summed E-state index contributed by atoms with van der Waals surface area (Å²) < 4.78 is 0. The molecule has 0 heterocycles. The Morgan fingerprint density at radius 1 is 0.700 bits per heavy atom. The number of carbonyl (C=O) groups is 1. The van der Waals surface area contributed by atoms with Crippen molar-refractivity contribution in [1.82, 2.24) is 0 Å². The van der Waals surface area contributed by atoms with Crippen LogP contribution in [0.15, 0.2) is 0 Å². The Balaban J connectivity index is 4.29. The second kappa shape index (κ2) is 12.2. The van der Waals surface area contributed by atoms with Gasteiger partial charge in [-0.2, -0.15) is 0 Å². The molecule has 2 nitrogen and oxygen atoms in total. The quantitative estimate of drug-likeness (QED) is 0.386. The van der Waals surface area contributed by atoms with E-state index in [1.54, 1.807) is 0 Å². The molecule has 0 saturated heterocycles. The molecule has 0 aromatic heterocycles. The number of hydrogen-bond donors (Lipinski definition) is 1. The molecule has 0 aliphatic carbocycles. The average Bonchev–Trinajstić information content (AvgIpc) is 2.44. The van der Waals surface area contributed by atoms with Crippen molar-refractivity contribution in [2.45, 2.75) is 104 Å². The van der Waals surface area contributed by atoms with Crippen LogP contribution in [-0.2, 0) is 4.79 Å². The topological polar surface area (TPSA) is 37.3 Å². The Labute approximate surface area is 126 Å². The number of carboxylic acid groups (broad SMARTS) is 1. The standard InChI is InChI=1S/C18H36O2/c1-4-7-10-11-12-13-16-18(17(19)20,14-8-5-2)15-9-6-3/h4-16H2,1-3H3,(H,19,20). The molecular formula is C18H36O2. The molecule has 0 radical (unpaired) electrons. The summed E-state index contributed by atoms with van der Waals surface area (Å²) in [4.78, 5) is 11.8. The van der Waals surface area contributed by atoms with E-state index in [-0.39, 0.29) is 0 Å². The van der Waals surface area contributed by atoms with E-state index in [1.165, 1.54) is 32.1 Å².